The van der Waals surface area contributed by atoms with Gasteiger partial charge in [-0.1, -0.05) is 17.7 Å². The van der Waals surface area contributed by atoms with Crippen LogP contribution >= 0.6 is 11.6 Å². The van der Waals surface area contributed by atoms with Crippen molar-refractivity contribution in [3.63, 3.8) is 0 Å². The minimum Gasteiger partial charge on any atom is -0.468 e. The third-order valence-electron chi connectivity index (χ3n) is 3.36. The number of carbonyl (C=O) groups excluding carboxylic acids is 1. The van der Waals surface area contributed by atoms with Gasteiger partial charge in [0.05, 0.1) is 7.11 Å². The van der Waals surface area contributed by atoms with Crippen LogP contribution in [0, 0.1) is 0 Å². The van der Waals surface area contributed by atoms with E-state index in [1.54, 1.807) is 0 Å². The Morgan fingerprint density at radius 2 is 2.06 bits per heavy atom. The molecule has 1 aromatic carbocycles. The van der Waals surface area contributed by atoms with Gasteiger partial charge in [-0.15, -0.1) is 0 Å². The van der Waals surface area contributed by atoms with Crippen molar-refractivity contribution in [2.45, 2.75) is 38.3 Å². The standard InChI is InChI=1S/C14H18ClNO2/c1-14(2,13(17)18-3)16-12-7-9-4-5-11(15)6-10(9)8-12/h4-6,12,16H,7-8H2,1-3H3. The lowest BCUT2D eigenvalue weighted by atomic mass is 10.0. The second-order valence-electron chi connectivity index (χ2n) is 5.28. The Balaban J connectivity index is 2.06. The van der Waals surface area contributed by atoms with Crippen molar-refractivity contribution in [1.82, 2.24) is 5.32 Å². The van der Waals surface area contributed by atoms with Crippen molar-refractivity contribution in [2.75, 3.05) is 7.11 Å². The predicted octanol–water partition coefficient (Wildman–Crippen LogP) is 2.35. The highest BCUT2D eigenvalue weighted by atomic mass is 35.5. The first kappa shape index (κ1) is 13.4. The number of rotatable bonds is 3. The minimum atomic E-state index is -0.661. The Morgan fingerprint density at radius 1 is 1.39 bits per heavy atom. The van der Waals surface area contributed by atoms with Crippen molar-refractivity contribution < 1.29 is 9.53 Å². The van der Waals surface area contributed by atoms with Crippen LogP contribution in [0.1, 0.15) is 25.0 Å². The molecule has 0 radical (unpaired) electrons. The Kier molecular flexibility index (Phi) is 3.64. The maximum absolute atomic E-state index is 11.6. The lowest BCUT2D eigenvalue weighted by Gasteiger charge is -2.27. The van der Waals surface area contributed by atoms with E-state index in [1.165, 1.54) is 18.2 Å². The van der Waals surface area contributed by atoms with Gasteiger partial charge in [0, 0.05) is 11.1 Å². The predicted molar refractivity (Wildman–Crippen MR) is 71.9 cm³/mol. The molecule has 0 aromatic heterocycles. The van der Waals surface area contributed by atoms with Gasteiger partial charge in [0.15, 0.2) is 0 Å². The summed E-state index contributed by atoms with van der Waals surface area (Å²) in [7, 11) is 1.41. The van der Waals surface area contributed by atoms with Crippen LogP contribution in [0.15, 0.2) is 18.2 Å². The SMILES string of the molecule is COC(=O)C(C)(C)NC1Cc2ccc(Cl)cc2C1. The molecule has 98 valence electrons. The number of carbonyl (C=O) groups is 1. The molecule has 18 heavy (non-hydrogen) atoms. The number of benzene rings is 1. The van der Waals surface area contributed by atoms with Gasteiger partial charge < -0.3 is 4.74 Å². The first-order valence-corrected chi connectivity index (χ1v) is 6.43. The highest BCUT2D eigenvalue weighted by Crippen LogP contribution is 2.26. The van der Waals surface area contributed by atoms with Gasteiger partial charge in [-0.2, -0.15) is 0 Å². The van der Waals surface area contributed by atoms with Gasteiger partial charge >= 0.3 is 5.97 Å². The number of fused-ring (bicyclic) bond motifs is 1. The number of ether oxygens (including phenoxy) is 1. The van der Waals surface area contributed by atoms with E-state index in [0.29, 0.717) is 0 Å². The molecule has 0 saturated carbocycles. The summed E-state index contributed by atoms with van der Waals surface area (Å²) in [6, 6.07) is 6.23. The smallest absolute Gasteiger partial charge is 0.325 e. The average Bonchev–Trinajstić information content (AvgIpc) is 2.68. The molecule has 1 aromatic rings. The molecule has 0 spiro atoms. The van der Waals surface area contributed by atoms with Gasteiger partial charge in [0.2, 0.25) is 0 Å². The van der Waals surface area contributed by atoms with E-state index in [2.05, 4.69) is 11.4 Å². The zero-order chi connectivity index (χ0) is 13.3. The molecule has 0 fully saturated rings. The summed E-state index contributed by atoms with van der Waals surface area (Å²) < 4.78 is 4.80. The molecule has 0 amide bonds. The van der Waals surface area contributed by atoms with Gasteiger partial charge in [-0.3, -0.25) is 10.1 Å². The lowest BCUT2D eigenvalue weighted by molar-refractivity contribution is -0.147. The molecule has 0 heterocycles. The van der Waals surface area contributed by atoms with Crippen LogP contribution in [-0.4, -0.2) is 24.7 Å². The quantitative estimate of drug-likeness (QED) is 0.855. The first-order chi connectivity index (χ1) is 8.42. The molecular weight excluding hydrogens is 250 g/mol. The molecule has 1 N–H and O–H groups in total. The Hall–Kier alpha value is -1.06. The van der Waals surface area contributed by atoms with E-state index in [-0.39, 0.29) is 12.0 Å². The number of methoxy groups -OCH3 is 1. The van der Waals surface area contributed by atoms with E-state index in [0.717, 1.165) is 17.9 Å². The van der Waals surface area contributed by atoms with E-state index >= 15 is 0 Å². The maximum atomic E-state index is 11.6. The number of hydrogen-bond acceptors (Lipinski definition) is 3. The third kappa shape index (κ3) is 2.68. The summed E-state index contributed by atoms with van der Waals surface area (Å²) in [6.45, 7) is 3.68. The van der Waals surface area contributed by atoms with Crippen molar-refractivity contribution in [2.24, 2.45) is 0 Å². The molecule has 1 atom stereocenters. The van der Waals surface area contributed by atoms with Crippen molar-refractivity contribution in [1.29, 1.82) is 0 Å². The van der Waals surface area contributed by atoms with E-state index in [4.69, 9.17) is 16.3 Å². The largest absolute Gasteiger partial charge is 0.468 e. The van der Waals surface area contributed by atoms with E-state index in [1.807, 2.05) is 26.0 Å². The Morgan fingerprint density at radius 3 is 2.72 bits per heavy atom. The molecule has 0 bridgehead atoms. The fourth-order valence-electron chi connectivity index (χ4n) is 2.51. The zero-order valence-corrected chi connectivity index (χ0v) is 11.7. The second-order valence-corrected chi connectivity index (χ2v) is 5.72. The molecule has 0 saturated heterocycles. The van der Waals surface area contributed by atoms with Crippen molar-refractivity contribution in [3.8, 4) is 0 Å². The minimum absolute atomic E-state index is 0.239. The van der Waals surface area contributed by atoms with Crippen LogP contribution in [0.25, 0.3) is 0 Å². The van der Waals surface area contributed by atoms with Crippen LogP contribution in [0.5, 0.6) is 0 Å². The van der Waals surface area contributed by atoms with Crippen LogP contribution in [0.4, 0.5) is 0 Å². The molecule has 1 aliphatic rings. The zero-order valence-electron chi connectivity index (χ0n) is 10.9. The van der Waals surface area contributed by atoms with Crippen LogP contribution < -0.4 is 5.32 Å². The molecule has 4 heteroatoms. The number of halogens is 1. The molecule has 3 nitrogen and oxygen atoms in total. The average molecular weight is 268 g/mol. The summed E-state index contributed by atoms with van der Waals surface area (Å²) in [5.41, 5.74) is 1.91. The highest BCUT2D eigenvalue weighted by molar-refractivity contribution is 6.30. The van der Waals surface area contributed by atoms with Gasteiger partial charge in [0.25, 0.3) is 0 Å². The summed E-state index contributed by atoms with van der Waals surface area (Å²) in [5, 5.41) is 4.12. The topological polar surface area (TPSA) is 38.3 Å². The molecule has 2 rings (SSSR count). The van der Waals surface area contributed by atoms with Crippen LogP contribution in [0.3, 0.4) is 0 Å². The number of hydrogen-bond donors (Lipinski definition) is 1. The molecule has 1 aliphatic carbocycles. The van der Waals surface area contributed by atoms with Gasteiger partial charge in [0.1, 0.15) is 5.54 Å². The van der Waals surface area contributed by atoms with Crippen LogP contribution in [0.2, 0.25) is 5.02 Å². The summed E-state index contributed by atoms with van der Waals surface area (Å²) in [4.78, 5) is 11.6. The number of esters is 1. The molecular formula is C14H18ClNO2. The second kappa shape index (κ2) is 4.90. The first-order valence-electron chi connectivity index (χ1n) is 6.06. The summed E-state index contributed by atoms with van der Waals surface area (Å²) in [6.07, 6.45) is 1.82. The summed E-state index contributed by atoms with van der Waals surface area (Å²) in [5.74, 6) is -0.239. The fraction of sp³-hybridized carbons (Fsp3) is 0.500. The van der Waals surface area contributed by atoms with E-state index in [9.17, 15) is 4.79 Å². The van der Waals surface area contributed by atoms with Crippen molar-refractivity contribution >= 4 is 17.6 Å². The molecule has 1 unspecified atom stereocenters. The van der Waals surface area contributed by atoms with E-state index < -0.39 is 5.54 Å². The summed E-state index contributed by atoms with van der Waals surface area (Å²) >= 11 is 5.98. The lowest BCUT2D eigenvalue weighted by Crippen LogP contribution is -2.52. The van der Waals surface area contributed by atoms with Crippen molar-refractivity contribution in [3.05, 3.63) is 34.3 Å². The third-order valence-corrected chi connectivity index (χ3v) is 3.60. The Labute approximate surface area is 112 Å². The molecule has 0 aliphatic heterocycles. The van der Waals surface area contributed by atoms with Crippen LogP contribution in [-0.2, 0) is 22.4 Å². The normalized spacial score (nSPS) is 18.6. The monoisotopic (exact) mass is 267 g/mol. The van der Waals surface area contributed by atoms with Gasteiger partial charge in [-0.25, -0.2) is 0 Å². The number of nitrogens with one attached hydrogen (secondary N) is 1. The Bertz CT molecular complexity index is 471. The fourth-order valence-corrected chi connectivity index (χ4v) is 2.71. The highest BCUT2D eigenvalue weighted by Gasteiger charge is 2.33. The van der Waals surface area contributed by atoms with Gasteiger partial charge in [-0.05, 0) is 49.9 Å². The maximum Gasteiger partial charge on any atom is 0.325 e.